The van der Waals surface area contributed by atoms with Gasteiger partial charge in [-0.2, -0.15) is 0 Å². The fourth-order valence-electron chi connectivity index (χ4n) is 1.73. The van der Waals surface area contributed by atoms with Crippen LogP contribution in [0.4, 0.5) is 0 Å². The molecule has 1 aromatic rings. The molecule has 0 radical (unpaired) electrons. The van der Waals surface area contributed by atoms with Gasteiger partial charge in [0.15, 0.2) is 5.96 Å². The van der Waals surface area contributed by atoms with Crippen LogP contribution in [0.2, 0.25) is 0 Å². The first kappa shape index (κ1) is 11.4. The molecule has 0 bridgehead atoms. The van der Waals surface area contributed by atoms with Crippen molar-refractivity contribution >= 4 is 11.9 Å². The Labute approximate surface area is 99.9 Å². The molecule has 5 heteroatoms. The third-order valence-electron chi connectivity index (χ3n) is 2.51. The second-order valence-corrected chi connectivity index (χ2v) is 3.64. The fraction of sp³-hybridized carbons (Fsp3) is 0.333. The van der Waals surface area contributed by atoms with Crippen molar-refractivity contribution in [3.05, 3.63) is 29.8 Å². The molecule has 1 unspecified atom stereocenters. The quantitative estimate of drug-likeness (QED) is 0.813. The molecule has 1 amide bonds. The average molecular weight is 233 g/mol. The van der Waals surface area contributed by atoms with Crippen LogP contribution >= 0.6 is 0 Å². The fourth-order valence-corrected chi connectivity index (χ4v) is 1.73. The molecule has 90 valence electrons. The number of hydrogen-bond donors (Lipinski definition) is 2. The van der Waals surface area contributed by atoms with Gasteiger partial charge in [0.05, 0.1) is 6.61 Å². The van der Waals surface area contributed by atoms with E-state index in [0.29, 0.717) is 12.6 Å². The highest BCUT2D eigenvalue weighted by Crippen LogP contribution is 2.21. The lowest BCUT2D eigenvalue weighted by molar-refractivity contribution is -0.120. The summed E-state index contributed by atoms with van der Waals surface area (Å²) in [6, 6.07) is 7.09. The maximum absolute atomic E-state index is 11.7. The van der Waals surface area contributed by atoms with Crippen molar-refractivity contribution in [3.63, 3.8) is 0 Å². The van der Waals surface area contributed by atoms with Gasteiger partial charge in [-0.15, -0.1) is 0 Å². The zero-order valence-corrected chi connectivity index (χ0v) is 9.86. The van der Waals surface area contributed by atoms with Crippen molar-refractivity contribution in [2.24, 2.45) is 4.99 Å². The molecule has 1 atom stereocenters. The molecule has 0 saturated carbocycles. The van der Waals surface area contributed by atoms with Crippen LogP contribution in [0.1, 0.15) is 18.5 Å². The number of aliphatic imine (C=N–C) groups is 1. The first-order valence-corrected chi connectivity index (χ1v) is 5.51. The number of carbonyl (C=O) groups excluding carboxylic acids is 1. The third kappa shape index (κ3) is 2.38. The Morgan fingerprint density at radius 2 is 2.29 bits per heavy atom. The highest BCUT2D eigenvalue weighted by Gasteiger charge is 2.29. The minimum Gasteiger partial charge on any atom is -0.494 e. The highest BCUT2D eigenvalue weighted by atomic mass is 16.5. The van der Waals surface area contributed by atoms with Crippen LogP contribution in [0, 0.1) is 0 Å². The maximum atomic E-state index is 11.7. The molecule has 0 aliphatic carbocycles. The van der Waals surface area contributed by atoms with Gasteiger partial charge in [0.1, 0.15) is 11.8 Å². The molecule has 1 aliphatic heterocycles. The first-order chi connectivity index (χ1) is 8.24. The largest absolute Gasteiger partial charge is 0.494 e. The predicted molar refractivity (Wildman–Crippen MR) is 65.0 cm³/mol. The van der Waals surface area contributed by atoms with Crippen molar-refractivity contribution < 1.29 is 9.53 Å². The molecule has 1 aromatic carbocycles. The van der Waals surface area contributed by atoms with Gasteiger partial charge in [-0.3, -0.25) is 15.1 Å². The van der Waals surface area contributed by atoms with Crippen molar-refractivity contribution in [1.29, 1.82) is 0 Å². The number of ether oxygens (including phenoxy) is 1. The summed E-state index contributed by atoms with van der Waals surface area (Å²) in [5, 5.41) is 5.67. The van der Waals surface area contributed by atoms with Gasteiger partial charge in [0.2, 0.25) is 0 Å². The summed E-state index contributed by atoms with van der Waals surface area (Å²) in [6.07, 6.45) is 0. The predicted octanol–water partition coefficient (Wildman–Crippen LogP) is 0.832. The van der Waals surface area contributed by atoms with E-state index in [2.05, 4.69) is 15.6 Å². The van der Waals surface area contributed by atoms with Gasteiger partial charge < -0.3 is 10.1 Å². The van der Waals surface area contributed by atoms with E-state index in [4.69, 9.17) is 4.74 Å². The van der Waals surface area contributed by atoms with Crippen LogP contribution < -0.4 is 15.4 Å². The minimum atomic E-state index is -0.394. The van der Waals surface area contributed by atoms with E-state index in [1.807, 2.05) is 31.2 Å². The van der Waals surface area contributed by atoms with Gasteiger partial charge in [-0.05, 0) is 24.6 Å². The molecule has 17 heavy (non-hydrogen) atoms. The molecule has 1 saturated heterocycles. The Morgan fingerprint density at radius 1 is 1.47 bits per heavy atom. The summed E-state index contributed by atoms with van der Waals surface area (Å²) in [5.41, 5.74) is 0.868. The summed E-state index contributed by atoms with van der Waals surface area (Å²) < 4.78 is 5.40. The van der Waals surface area contributed by atoms with Gasteiger partial charge in [0.25, 0.3) is 5.91 Å². The van der Waals surface area contributed by atoms with E-state index < -0.39 is 6.04 Å². The molecular formula is C12H15N3O2. The number of carbonyl (C=O) groups is 1. The SMILES string of the molecule is CCOc1cccc(C2NC(=NC)NC2=O)c1. The van der Waals surface area contributed by atoms with E-state index in [-0.39, 0.29) is 5.91 Å². The smallest absolute Gasteiger partial charge is 0.253 e. The van der Waals surface area contributed by atoms with Crippen LogP contribution in [0.3, 0.4) is 0 Å². The summed E-state index contributed by atoms with van der Waals surface area (Å²) in [7, 11) is 1.63. The molecule has 1 fully saturated rings. The zero-order valence-electron chi connectivity index (χ0n) is 9.86. The Balaban J connectivity index is 2.22. The van der Waals surface area contributed by atoms with Crippen molar-refractivity contribution in [2.45, 2.75) is 13.0 Å². The molecule has 1 heterocycles. The highest BCUT2D eigenvalue weighted by molar-refractivity contribution is 6.06. The Kier molecular flexibility index (Phi) is 3.27. The summed E-state index contributed by atoms with van der Waals surface area (Å²) >= 11 is 0. The van der Waals surface area contributed by atoms with Crippen molar-refractivity contribution in [2.75, 3.05) is 13.7 Å². The number of amides is 1. The van der Waals surface area contributed by atoms with Crippen molar-refractivity contribution in [3.8, 4) is 5.75 Å². The van der Waals surface area contributed by atoms with E-state index in [1.165, 1.54) is 0 Å². The summed E-state index contributed by atoms with van der Waals surface area (Å²) in [5.74, 6) is 1.17. The molecule has 0 spiro atoms. The lowest BCUT2D eigenvalue weighted by Gasteiger charge is -2.10. The van der Waals surface area contributed by atoms with Crippen LogP contribution in [-0.2, 0) is 4.79 Å². The number of rotatable bonds is 3. The maximum Gasteiger partial charge on any atom is 0.253 e. The van der Waals surface area contributed by atoms with Gasteiger partial charge >= 0.3 is 0 Å². The van der Waals surface area contributed by atoms with Crippen LogP contribution in [0.5, 0.6) is 5.75 Å². The van der Waals surface area contributed by atoms with Gasteiger partial charge in [0, 0.05) is 7.05 Å². The normalized spacial score (nSPS) is 21.2. The van der Waals surface area contributed by atoms with Crippen LogP contribution in [0.15, 0.2) is 29.3 Å². The number of hydrogen-bond acceptors (Lipinski definition) is 3. The van der Waals surface area contributed by atoms with Gasteiger partial charge in [-0.25, -0.2) is 0 Å². The molecule has 2 N–H and O–H groups in total. The molecular weight excluding hydrogens is 218 g/mol. The van der Waals surface area contributed by atoms with Crippen LogP contribution in [0.25, 0.3) is 0 Å². The minimum absolute atomic E-state index is 0.0979. The second kappa shape index (κ2) is 4.86. The van der Waals surface area contributed by atoms with Crippen LogP contribution in [-0.4, -0.2) is 25.5 Å². The number of guanidine groups is 1. The summed E-state index contributed by atoms with van der Waals surface area (Å²) in [4.78, 5) is 15.6. The lowest BCUT2D eigenvalue weighted by Crippen LogP contribution is -2.24. The van der Waals surface area contributed by atoms with E-state index in [0.717, 1.165) is 11.3 Å². The summed E-state index contributed by atoms with van der Waals surface area (Å²) in [6.45, 7) is 2.53. The standard InChI is InChI=1S/C12H15N3O2/c1-3-17-9-6-4-5-8(7-9)10-11(16)15-12(13-2)14-10/h4-7,10H,3H2,1-2H3,(H2,13,14,15,16). The van der Waals surface area contributed by atoms with Crippen molar-refractivity contribution in [1.82, 2.24) is 10.6 Å². The van der Waals surface area contributed by atoms with E-state index in [1.54, 1.807) is 7.05 Å². The molecule has 5 nitrogen and oxygen atoms in total. The van der Waals surface area contributed by atoms with E-state index in [9.17, 15) is 4.79 Å². The Morgan fingerprint density at radius 3 is 2.94 bits per heavy atom. The average Bonchev–Trinajstić information content (AvgIpc) is 2.71. The molecule has 1 aliphatic rings. The monoisotopic (exact) mass is 233 g/mol. The lowest BCUT2D eigenvalue weighted by atomic mass is 10.1. The molecule has 2 rings (SSSR count). The number of benzene rings is 1. The number of nitrogens with one attached hydrogen (secondary N) is 2. The van der Waals surface area contributed by atoms with Gasteiger partial charge in [-0.1, -0.05) is 12.1 Å². The second-order valence-electron chi connectivity index (χ2n) is 3.64. The Bertz CT molecular complexity index is 457. The molecule has 0 aromatic heterocycles. The number of nitrogens with zero attached hydrogens (tertiary/aromatic N) is 1. The third-order valence-corrected chi connectivity index (χ3v) is 2.51. The Hall–Kier alpha value is -2.04. The zero-order chi connectivity index (χ0) is 12.3. The van der Waals surface area contributed by atoms with E-state index >= 15 is 0 Å². The topological polar surface area (TPSA) is 62.7 Å². The first-order valence-electron chi connectivity index (χ1n) is 5.51.